The maximum absolute atomic E-state index is 11.9. The fourth-order valence-electron chi connectivity index (χ4n) is 1.81. The van der Waals surface area contributed by atoms with Crippen LogP contribution in [0.5, 0.6) is 11.5 Å². The van der Waals surface area contributed by atoms with Crippen molar-refractivity contribution in [2.45, 2.75) is 4.21 Å². The highest BCUT2D eigenvalue weighted by Gasteiger charge is 2.21. The van der Waals surface area contributed by atoms with Crippen LogP contribution in [-0.2, 0) is 10.0 Å². The standard InChI is InChI=1S/C13H13N3O6S2/c1-21-11-7-9(6-10(16(17)18)13(11)22-2)8-14-15-24(19,20)12-4-3-5-23-12/h3-8,15H,1-2H3/b14-8+. The van der Waals surface area contributed by atoms with Gasteiger partial charge in [-0.3, -0.25) is 10.1 Å². The molecule has 11 heteroatoms. The lowest BCUT2D eigenvalue weighted by Gasteiger charge is -2.08. The lowest BCUT2D eigenvalue weighted by molar-refractivity contribution is -0.385. The Morgan fingerprint density at radius 1 is 1.33 bits per heavy atom. The number of nitro benzene ring substituents is 1. The van der Waals surface area contributed by atoms with Crippen LogP contribution in [0.15, 0.2) is 39.0 Å². The molecule has 1 aromatic carbocycles. The summed E-state index contributed by atoms with van der Waals surface area (Å²) in [6.07, 6.45) is 1.14. The van der Waals surface area contributed by atoms with E-state index in [9.17, 15) is 18.5 Å². The van der Waals surface area contributed by atoms with Gasteiger partial charge in [0.15, 0.2) is 5.75 Å². The molecule has 1 heterocycles. The molecule has 2 rings (SSSR count). The molecular formula is C13H13N3O6S2. The molecule has 0 saturated carbocycles. The summed E-state index contributed by atoms with van der Waals surface area (Å²) in [6.45, 7) is 0. The highest BCUT2D eigenvalue weighted by atomic mass is 32.2. The van der Waals surface area contributed by atoms with Crippen LogP contribution in [0.2, 0.25) is 0 Å². The van der Waals surface area contributed by atoms with E-state index in [0.29, 0.717) is 0 Å². The van der Waals surface area contributed by atoms with E-state index in [1.54, 1.807) is 11.4 Å². The third-order valence-electron chi connectivity index (χ3n) is 2.82. The van der Waals surface area contributed by atoms with Gasteiger partial charge in [0.25, 0.3) is 10.0 Å². The van der Waals surface area contributed by atoms with Gasteiger partial charge >= 0.3 is 5.69 Å². The second-order valence-electron chi connectivity index (χ2n) is 4.32. The number of hydrazone groups is 1. The Labute approximate surface area is 141 Å². The average molecular weight is 371 g/mol. The highest BCUT2D eigenvalue weighted by Crippen LogP contribution is 2.37. The molecule has 0 radical (unpaired) electrons. The molecule has 0 aliphatic rings. The number of nitro groups is 1. The number of hydrogen-bond acceptors (Lipinski definition) is 8. The van der Waals surface area contributed by atoms with Gasteiger partial charge in [0, 0.05) is 11.6 Å². The van der Waals surface area contributed by atoms with Gasteiger partial charge in [-0.1, -0.05) is 6.07 Å². The molecule has 0 bridgehead atoms. The largest absolute Gasteiger partial charge is 0.493 e. The Hall–Kier alpha value is -2.66. The highest BCUT2D eigenvalue weighted by molar-refractivity contribution is 7.91. The molecule has 0 fully saturated rings. The second kappa shape index (κ2) is 7.27. The number of nitrogens with one attached hydrogen (secondary N) is 1. The lowest BCUT2D eigenvalue weighted by Crippen LogP contribution is -2.17. The van der Waals surface area contributed by atoms with Crippen molar-refractivity contribution < 1.29 is 22.8 Å². The van der Waals surface area contributed by atoms with Crippen molar-refractivity contribution in [1.29, 1.82) is 0 Å². The minimum atomic E-state index is -3.76. The van der Waals surface area contributed by atoms with Gasteiger partial charge in [-0.15, -0.1) is 11.3 Å². The van der Waals surface area contributed by atoms with Crippen LogP contribution in [0, 0.1) is 10.1 Å². The van der Waals surface area contributed by atoms with Crippen molar-refractivity contribution in [3.63, 3.8) is 0 Å². The number of benzene rings is 1. The second-order valence-corrected chi connectivity index (χ2v) is 7.15. The SMILES string of the molecule is COc1cc(/C=N/NS(=O)(=O)c2cccs2)cc([N+](=O)[O-])c1OC. The minimum absolute atomic E-state index is 0.0289. The van der Waals surface area contributed by atoms with Gasteiger partial charge in [-0.25, -0.2) is 0 Å². The topological polar surface area (TPSA) is 120 Å². The van der Waals surface area contributed by atoms with E-state index in [1.807, 2.05) is 4.83 Å². The number of sulfonamides is 1. The Kier molecular flexibility index (Phi) is 5.36. The van der Waals surface area contributed by atoms with Crippen molar-refractivity contribution in [2.75, 3.05) is 14.2 Å². The number of nitrogens with zero attached hydrogens (tertiary/aromatic N) is 2. The number of rotatable bonds is 7. The predicted molar refractivity (Wildman–Crippen MR) is 88.4 cm³/mol. The summed E-state index contributed by atoms with van der Waals surface area (Å²) in [5.41, 5.74) is -0.0485. The first-order valence-electron chi connectivity index (χ1n) is 6.38. The molecule has 0 amide bonds. The van der Waals surface area contributed by atoms with E-state index in [0.717, 1.165) is 17.6 Å². The molecule has 9 nitrogen and oxygen atoms in total. The van der Waals surface area contributed by atoms with E-state index >= 15 is 0 Å². The quantitative estimate of drug-likeness (QED) is 0.451. The number of ether oxygens (including phenoxy) is 2. The zero-order valence-electron chi connectivity index (χ0n) is 12.6. The van der Waals surface area contributed by atoms with Crippen molar-refractivity contribution in [3.8, 4) is 11.5 Å². The van der Waals surface area contributed by atoms with Crippen LogP contribution < -0.4 is 14.3 Å². The molecule has 128 valence electrons. The maximum atomic E-state index is 11.9. The van der Waals surface area contributed by atoms with Gasteiger partial charge in [0.2, 0.25) is 5.75 Å². The smallest absolute Gasteiger partial charge is 0.315 e. The van der Waals surface area contributed by atoms with E-state index < -0.39 is 14.9 Å². The number of hydrogen-bond donors (Lipinski definition) is 1. The minimum Gasteiger partial charge on any atom is -0.493 e. The lowest BCUT2D eigenvalue weighted by atomic mass is 10.2. The first-order chi connectivity index (χ1) is 11.4. The van der Waals surface area contributed by atoms with Crippen molar-refractivity contribution in [1.82, 2.24) is 4.83 Å². The van der Waals surface area contributed by atoms with Gasteiger partial charge < -0.3 is 9.47 Å². The first-order valence-corrected chi connectivity index (χ1v) is 8.74. The molecule has 0 saturated heterocycles. The van der Waals surface area contributed by atoms with Crippen LogP contribution >= 0.6 is 11.3 Å². The molecule has 1 aromatic heterocycles. The van der Waals surface area contributed by atoms with Crippen LogP contribution in [0.3, 0.4) is 0 Å². The third kappa shape index (κ3) is 3.81. The molecular weight excluding hydrogens is 358 g/mol. The van der Waals surface area contributed by atoms with Crippen molar-refractivity contribution in [3.05, 3.63) is 45.3 Å². The van der Waals surface area contributed by atoms with Crippen LogP contribution in [-0.4, -0.2) is 33.8 Å². The third-order valence-corrected chi connectivity index (χ3v) is 5.44. The van der Waals surface area contributed by atoms with Crippen molar-refractivity contribution >= 4 is 33.3 Å². The van der Waals surface area contributed by atoms with Gasteiger partial charge in [-0.2, -0.15) is 18.4 Å². The number of thiophene rings is 1. The molecule has 1 N–H and O–H groups in total. The fraction of sp³-hybridized carbons (Fsp3) is 0.154. The molecule has 24 heavy (non-hydrogen) atoms. The summed E-state index contributed by atoms with van der Waals surface area (Å²) in [6, 6.07) is 5.67. The Morgan fingerprint density at radius 2 is 2.08 bits per heavy atom. The van der Waals surface area contributed by atoms with Crippen LogP contribution in [0.1, 0.15) is 5.56 Å². The number of methoxy groups -OCH3 is 2. The summed E-state index contributed by atoms with van der Waals surface area (Å²) in [7, 11) is -1.14. The zero-order chi connectivity index (χ0) is 17.7. The molecule has 0 aliphatic heterocycles. The van der Waals surface area contributed by atoms with E-state index in [2.05, 4.69) is 5.10 Å². The van der Waals surface area contributed by atoms with Crippen molar-refractivity contribution in [2.24, 2.45) is 5.10 Å². The maximum Gasteiger partial charge on any atom is 0.315 e. The molecule has 0 unspecified atom stereocenters. The predicted octanol–water partition coefficient (Wildman–Crippen LogP) is 1.99. The Balaban J connectivity index is 2.29. The molecule has 0 atom stereocenters. The van der Waals surface area contributed by atoms with Gasteiger partial charge in [-0.05, 0) is 17.5 Å². The summed E-state index contributed by atoms with van der Waals surface area (Å²) < 4.78 is 34.0. The Morgan fingerprint density at radius 3 is 2.62 bits per heavy atom. The van der Waals surface area contributed by atoms with Gasteiger partial charge in [0.05, 0.1) is 25.4 Å². The molecule has 0 spiro atoms. The fourth-order valence-corrected chi connectivity index (χ4v) is 3.58. The summed E-state index contributed by atoms with van der Waals surface area (Å²) >= 11 is 1.04. The average Bonchev–Trinajstić information content (AvgIpc) is 3.09. The molecule has 0 aliphatic carbocycles. The summed E-state index contributed by atoms with van der Waals surface area (Å²) in [5, 5.41) is 16.4. The van der Waals surface area contributed by atoms with E-state index in [1.165, 1.54) is 32.4 Å². The zero-order valence-corrected chi connectivity index (χ0v) is 14.3. The Bertz CT molecular complexity index is 862. The van der Waals surface area contributed by atoms with Crippen LogP contribution in [0.4, 0.5) is 5.69 Å². The van der Waals surface area contributed by atoms with Gasteiger partial charge in [0.1, 0.15) is 4.21 Å². The van der Waals surface area contributed by atoms with E-state index in [4.69, 9.17) is 9.47 Å². The normalized spacial score (nSPS) is 11.4. The summed E-state index contributed by atoms with van der Waals surface area (Å²) in [4.78, 5) is 12.5. The molecule has 2 aromatic rings. The van der Waals surface area contributed by atoms with E-state index in [-0.39, 0.29) is 27.0 Å². The first kappa shape index (κ1) is 17.7. The summed E-state index contributed by atoms with van der Waals surface area (Å²) in [5.74, 6) is 0.105. The monoisotopic (exact) mass is 371 g/mol. The van der Waals surface area contributed by atoms with Crippen LogP contribution in [0.25, 0.3) is 0 Å².